The smallest absolute Gasteiger partial charge is 0.224 e. The van der Waals surface area contributed by atoms with E-state index >= 15 is 0 Å². The molecule has 0 radical (unpaired) electrons. The van der Waals surface area contributed by atoms with Gasteiger partial charge in [-0.1, -0.05) is 13.8 Å². The first-order valence-corrected chi connectivity index (χ1v) is 7.24. The molecule has 1 aliphatic carbocycles. The molecule has 0 aliphatic heterocycles. The van der Waals surface area contributed by atoms with Gasteiger partial charge in [0.2, 0.25) is 5.91 Å². The third-order valence-corrected chi connectivity index (χ3v) is 3.59. The van der Waals surface area contributed by atoms with Gasteiger partial charge in [0, 0.05) is 38.7 Å². The van der Waals surface area contributed by atoms with Crippen molar-refractivity contribution in [3.8, 4) is 0 Å². The lowest BCUT2D eigenvalue weighted by Gasteiger charge is -2.30. The maximum absolute atomic E-state index is 12.2. The molecule has 0 aromatic rings. The average Bonchev–Trinajstić information content (AvgIpc) is 3.18. The number of methoxy groups -OCH3 is 1. The topological polar surface area (TPSA) is 41.6 Å². The van der Waals surface area contributed by atoms with Crippen LogP contribution in [0.1, 0.15) is 46.0 Å². The van der Waals surface area contributed by atoms with Gasteiger partial charge in [0.05, 0.1) is 6.61 Å². The number of rotatable bonds is 10. The van der Waals surface area contributed by atoms with Crippen LogP contribution in [0.4, 0.5) is 0 Å². The van der Waals surface area contributed by atoms with E-state index < -0.39 is 0 Å². The van der Waals surface area contributed by atoms with Crippen LogP contribution in [0, 0.1) is 0 Å². The predicted octanol–water partition coefficient (Wildman–Crippen LogP) is 1.79. The first kappa shape index (κ1) is 15.4. The Kier molecular flexibility index (Phi) is 7.28. The number of ether oxygens (including phenoxy) is 1. The molecule has 0 saturated heterocycles. The molecule has 1 aliphatic rings. The summed E-state index contributed by atoms with van der Waals surface area (Å²) in [4.78, 5) is 14.2. The van der Waals surface area contributed by atoms with Crippen molar-refractivity contribution in [2.45, 2.75) is 58.0 Å². The van der Waals surface area contributed by atoms with Crippen LogP contribution in [0.15, 0.2) is 0 Å². The number of carbonyl (C=O) groups is 1. The van der Waals surface area contributed by atoms with Crippen LogP contribution in [0.3, 0.4) is 0 Å². The van der Waals surface area contributed by atoms with Gasteiger partial charge in [0.1, 0.15) is 0 Å². The van der Waals surface area contributed by atoms with E-state index in [9.17, 15) is 4.79 Å². The third kappa shape index (κ3) is 5.36. The Morgan fingerprint density at radius 3 is 2.56 bits per heavy atom. The van der Waals surface area contributed by atoms with Crippen molar-refractivity contribution in [1.82, 2.24) is 10.2 Å². The summed E-state index contributed by atoms with van der Waals surface area (Å²) in [6, 6.07) is 1.03. The molecule has 4 nitrogen and oxygen atoms in total. The molecule has 4 heteroatoms. The second-order valence-electron chi connectivity index (χ2n) is 5.03. The molecule has 1 fully saturated rings. The average molecular weight is 256 g/mol. The fraction of sp³-hybridized carbons (Fsp3) is 0.929. The van der Waals surface area contributed by atoms with Gasteiger partial charge in [-0.15, -0.1) is 0 Å². The monoisotopic (exact) mass is 256 g/mol. The fourth-order valence-corrected chi connectivity index (χ4v) is 2.24. The molecule has 1 saturated carbocycles. The highest BCUT2D eigenvalue weighted by Crippen LogP contribution is 2.18. The number of nitrogens with zero attached hydrogens (tertiary/aromatic N) is 1. The van der Waals surface area contributed by atoms with Crippen molar-refractivity contribution in [1.29, 1.82) is 0 Å². The van der Waals surface area contributed by atoms with Crippen molar-refractivity contribution in [3.05, 3.63) is 0 Å². The Hall–Kier alpha value is -0.610. The summed E-state index contributed by atoms with van der Waals surface area (Å²) in [5.74, 6) is 0.258. The molecule has 0 spiro atoms. The SMILES string of the molecule is CCC(CC)N(CCOC)C(=O)CCNC1CC1. The first-order chi connectivity index (χ1) is 8.72. The Balaban J connectivity index is 2.36. The molecule has 0 aromatic carbocycles. The van der Waals surface area contributed by atoms with Crippen LogP contribution < -0.4 is 5.32 Å². The Labute approximate surface area is 111 Å². The van der Waals surface area contributed by atoms with Crippen molar-refractivity contribution in [3.63, 3.8) is 0 Å². The fourth-order valence-electron chi connectivity index (χ4n) is 2.24. The van der Waals surface area contributed by atoms with E-state index in [4.69, 9.17) is 4.74 Å². The summed E-state index contributed by atoms with van der Waals surface area (Å²) in [5, 5.41) is 3.39. The molecule has 0 aromatic heterocycles. The number of hydrogen-bond acceptors (Lipinski definition) is 3. The van der Waals surface area contributed by atoms with Crippen molar-refractivity contribution in [2.24, 2.45) is 0 Å². The van der Waals surface area contributed by atoms with Gasteiger partial charge < -0.3 is 15.0 Å². The highest BCUT2D eigenvalue weighted by Gasteiger charge is 2.23. The zero-order valence-electron chi connectivity index (χ0n) is 12.1. The summed E-state index contributed by atoms with van der Waals surface area (Å²) in [6.45, 7) is 6.43. The lowest BCUT2D eigenvalue weighted by Crippen LogP contribution is -2.42. The summed E-state index contributed by atoms with van der Waals surface area (Å²) in [7, 11) is 1.68. The van der Waals surface area contributed by atoms with Gasteiger partial charge in [-0.3, -0.25) is 4.79 Å². The molecule has 0 heterocycles. The van der Waals surface area contributed by atoms with Gasteiger partial charge in [-0.2, -0.15) is 0 Å². The van der Waals surface area contributed by atoms with Gasteiger partial charge in [0.15, 0.2) is 0 Å². The number of hydrogen-bond donors (Lipinski definition) is 1. The zero-order chi connectivity index (χ0) is 13.4. The highest BCUT2D eigenvalue weighted by atomic mass is 16.5. The molecule has 0 bridgehead atoms. The Morgan fingerprint density at radius 1 is 1.39 bits per heavy atom. The molecule has 1 rings (SSSR count). The van der Waals surface area contributed by atoms with Gasteiger partial charge >= 0.3 is 0 Å². The highest BCUT2D eigenvalue weighted by molar-refractivity contribution is 5.76. The molecule has 0 unspecified atom stereocenters. The lowest BCUT2D eigenvalue weighted by atomic mass is 10.1. The number of carbonyl (C=O) groups excluding carboxylic acids is 1. The van der Waals surface area contributed by atoms with E-state index in [1.165, 1.54) is 12.8 Å². The van der Waals surface area contributed by atoms with Crippen LogP contribution >= 0.6 is 0 Å². The minimum atomic E-state index is 0.258. The summed E-state index contributed by atoms with van der Waals surface area (Å²) in [5.41, 5.74) is 0. The van der Waals surface area contributed by atoms with Gasteiger partial charge in [-0.05, 0) is 25.7 Å². The number of amides is 1. The van der Waals surface area contributed by atoms with E-state index in [-0.39, 0.29) is 5.91 Å². The minimum Gasteiger partial charge on any atom is -0.383 e. The van der Waals surface area contributed by atoms with E-state index in [0.29, 0.717) is 31.7 Å². The van der Waals surface area contributed by atoms with Crippen molar-refractivity contribution >= 4 is 5.91 Å². The largest absolute Gasteiger partial charge is 0.383 e. The van der Waals surface area contributed by atoms with Crippen LogP contribution in [0.5, 0.6) is 0 Å². The van der Waals surface area contributed by atoms with Gasteiger partial charge in [0.25, 0.3) is 0 Å². The van der Waals surface area contributed by atoms with Crippen molar-refractivity contribution < 1.29 is 9.53 Å². The van der Waals surface area contributed by atoms with Crippen LogP contribution in [0.25, 0.3) is 0 Å². The summed E-state index contributed by atoms with van der Waals surface area (Å²) < 4.78 is 5.10. The first-order valence-electron chi connectivity index (χ1n) is 7.24. The minimum absolute atomic E-state index is 0.258. The predicted molar refractivity (Wildman–Crippen MR) is 73.6 cm³/mol. The molecule has 1 amide bonds. The Bertz CT molecular complexity index is 238. The second-order valence-corrected chi connectivity index (χ2v) is 5.03. The standard InChI is InChI=1S/C14H28N2O2/c1-4-13(5-2)16(10-11-18-3)14(17)8-9-15-12-6-7-12/h12-13,15H,4-11H2,1-3H3. The molecule has 18 heavy (non-hydrogen) atoms. The molecule has 106 valence electrons. The Morgan fingerprint density at radius 2 is 2.06 bits per heavy atom. The zero-order valence-corrected chi connectivity index (χ0v) is 12.1. The lowest BCUT2D eigenvalue weighted by molar-refractivity contribution is -0.134. The molecular weight excluding hydrogens is 228 g/mol. The van der Waals surface area contributed by atoms with Crippen molar-refractivity contribution in [2.75, 3.05) is 26.8 Å². The van der Waals surface area contributed by atoms with E-state index in [1.807, 2.05) is 4.90 Å². The molecule has 1 N–H and O–H groups in total. The van der Waals surface area contributed by atoms with Crippen LogP contribution in [-0.4, -0.2) is 49.7 Å². The maximum atomic E-state index is 12.2. The number of nitrogens with one attached hydrogen (secondary N) is 1. The summed E-state index contributed by atoms with van der Waals surface area (Å²) in [6.07, 6.45) is 5.18. The second kappa shape index (κ2) is 8.48. The van der Waals surface area contributed by atoms with Gasteiger partial charge in [-0.25, -0.2) is 0 Å². The van der Waals surface area contributed by atoms with E-state index in [1.54, 1.807) is 7.11 Å². The normalized spacial score (nSPS) is 15.1. The van der Waals surface area contributed by atoms with E-state index in [0.717, 1.165) is 19.4 Å². The van der Waals surface area contributed by atoms with Crippen LogP contribution in [-0.2, 0) is 9.53 Å². The molecule has 0 atom stereocenters. The van der Waals surface area contributed by atoms with E-state index in [2.05, 4.69) is 19.2 Å². The van der Waals surface area contributed by atoms with Crippen LogP contribution in [0.2, 0.25) is 0 Å². The molecular formula is C14H28N2O2. The third-order valence-electron chi connectivity index (χ3n) is 3.59. The summed E-state index contributed by atoms with van der Waals surface area (Å²) >= 11 is 0. The maximum Gasteiger partial charge on any atom is 0.224 e. The quantitative estimate of drug-likeness (QED) is 0.648.